The number of nitrogens with one attached hydrogen (secondary N) is 2. The van der Waals surface area contributed by atoms with E-state index in [0.717, 1.165) is 31.7 Å². The van der Waals surface area contributed by atoms with Crippen LogP contribution >= 0.6 is 0 Å². The number of hydrogen-bond donors (Lipinski definition) is 2. The van der Waals surface area contributed by atoms with Crippen LogP contribution in [0.25, 0.3) is 0 Å². The second-order valence-electron chi connectivity index (χ2n) is 6.33. The van der Waals surface area contributed by atoms with Crippen molar-refractivity contribution in [3.05, 3.63) is 28.2 Å². The Balaban J connectivity index is 1.87. The van der Waals surface area contributed by atoms with Crippen molar-refractivity contribution in [2.75, 3.05) is 39.0 Å². The summed E-state index contributed by atoms with van der Waals surface area (Å²) in [4.78, 5) is 26.2. The molecule has 1 saturated heterocycles. The van der Waals surface area contributed by atoms with E-state index in [1.807, 2.05) is 24.7 Å². The Hall–Kier alpha value is -1.66. The summed E-state index contributed by atoms with van der Waals surface area (Å²) in [6, 6.07) is 3.73. The van der Waals surface area contributed by atoms with Crippen LogP contribution in [-0.2, 0) is 11.3 Å². The molecule has 1 fully saturated rings. The maximum atomic E-state index is 12.6. The number of piperidine rings is 1. The average molecular weight is 290 g/mol. The fourth-order valence-corrected chi connectivity index (χ4v) is 3.36. The standard InChI is InChI=1S/C15H22N4O2/c1-18(2)9-14(20)17-12-3-4-13-11-5-10(6-16-7-11)8-19(13)15(12)21/h3-4,10-11,16H,5-9H2,1-2H3,(H,17,20)/t10-,11+/m0/s1. The van der Waals surface area contributed by atoms with Crippen molar-refractivity contribution in [1.29, 1.82) is 0 Å². The van der Waals surface area contributed by atoms with Gasteiger partial charge in [0.2, 0.25) is 5.91 Å². The number of pyridine rings is 1. The maximum absolute atomic E-state index is 12.6. The first-order chi connectivity index (χ1) is 10.0. The minimum Gasteiger partial charge on any atom is -0.320 e. The summed E-state index contributed by atoms with van der Waals surface area (Å²) < 4.78 is 1.85. The molecule has 114 valence electrons. The molecule has 6 heteroatoms. The lowest BCUT2D eigenvalue weighted by Gasteiger charge is -2.37. The van der Waals surface area contributed by atoms with Crippen molar-refractivity contribution in [3.63, 3.8) is 0 Å². The minimum atomic E-state index is -0.157. The van der Waals surface area contributed by atoms with Crippen LogP contribution in [0.2, 0.25) is 0 Å². The number of likely N-dealkylation sites (N-methyl/N-ethyl adjacent to an activating group) is 1. The van der Waals surface area contributed by atoms with Gasteiger partial charge < -0.3 is 20.1 Å². The lowest BCUT2D eigenvalue weighted by atomic mass is 9.84. The fraction of sp³-hybridized carbons (Fsp3) is 0.600. The van der Waals surface area contributed by atoms with E-state index in [1.165, 1.54) is 0 Å². The quantitative estimate of drug-likeness (QED) is 0.826. The number of hydrogen-bond acceptors (Lipinski definition) is 4. The average Bonchev–Trinajstić information content (AvgIpc) is 2.42. The number of fused-ring (bicyclic) bond motifs is 4. The number of anilines is 1. The summed E-state index contributed by atoms with van der Waals surface area (Å²) in [5.74, 6) is 0.772. The molecule has 21 heavy (non-hydrogen) atoms. The van der Waals surface area contributed by atoms with Gasteiger partial charge in [-0.15, -0.1) is 0 Å². The third kappa shape index (κ3) is 2.87. The van der Waals surface area contributed by atoms with Crippen LogP contribution < -0.4 is 16.2 Å². The Labute approximate surface area is 124 Å². The molecule has 0 aliphatic carbocycles. The van der Waals surface area contributed by atoms with Gasteiger partial charge in [-0.05, 0) is 45.1 Å². The van der Waals surface area contributed by atoms with Crippen molar-refractivity contribution in [2.24, 2.45) is 5.92 Å². The second kappa shape index (κ2) is 5.61. The SMILES string of the molecule is CN(C)CC(=O)Nc1ccc2n(c1=O)C[C@@H]1CNC[C@H]2C1. The third-order valence-electron chi connectivity index (χ3n) is 4.24. The first-order valence-electron chi connectivity index (χ1n) is 7.43. The first kappa shape index (κ1) is 14.3. The van der Waals surface area contributed by atoms with Gasteiger partial charge in [0.25, 0.3) is 5.56 Å². The zero-order valence-corrected chi connectivity index (χ0v) is 12.6. The zero-order valence-electron chi connectivity index (χ0n) is 12.6. The van der Waals surface area contributed by atoms with Gasteiger partial charge in [0, 0.05) is 24.7 Å². The highest BCUT2D eigenvalue weighted by molar-refractivity contribution is 5.92. The van der Waals surface area contributed by atoms with E-state index in [2.05, 4.69) is 10.6 Å². The van der Waals surface area contributed by atoms with Gasteiger partial charge in [-0.25, -0.2) is 0 Å². The van der Waals surface area contributed by atoms with Crippen LogP contribution in [0.4, 0.5) is 5.69 Å². The molecule has 0 spiro atoms. The van der Waals surface area contributed by atoms with Crippen molar-refractivity contribution in [1.82, 2.24) is 14.8 Å². The van der Waals surface area contributed by atoms with Crippen LogP contribution in [0.1, 0.15) is 18.0 Å². The number of carbonyl (C=O) groups excluding carboxylic acids is 1. The molecule has 2 atom stereocenters. The molecule has 2 aliphatic heterocycles. The highest BCUT2D eigenvalue weighted by atomic mass is 16.2. The van der Waals surface area contributed by atoms with Gasteiger partial charge in [0.15, 0.2) is 0 Å². The van der Waals surface area contributed by atoms with Gasteiger partial charge in [-0.1, -0.05) is 0 Å². The highest BCUT2D eigenvalue weighted by Crippen LogP contribution is 2.31. The Morgan fingerprint density at radius 2 is 2.24 bits per heavy atom. The molecular formula is C15H22N4O2. The monoisotopic (exact) mass is 290 g/mol. The number of carbonyl (C=O) groups is 1. The van der Waals surface area contributed by atoms with E-state index in [0.29, 0.717) is 17.5 Å². The molecular weight excluding hydrogens is 268 g/mol. The number of amides is 1. The molecule has 2 aliphatic rings. The molecule has 2 N–H and O–H groups in total. The first-order valence-corrected chi connectivity index (χ1v) is 7.43. The fourth-order valence-electron chi connectivity index (χ4n) is 3.36. The van der Waals surface area contributed by atoms with Crippen molar-refractivity contribution >= 4 is 11.6 Å². The topological polar surface area (TPSA) is 66.4 Å². The Morgan fingerprint density at radius 1 is 1.43 bits per heavy atom. The number of nitrogens with zero attached hydrogens (tertiary/aromatic N) is 2. The highest BCUT2D eigenvalue weighted by Gasteiger charge is 2.31. The second-order valence-corrected chi connectivity index (χ2v) is 6.33. The van der Waals surface area contributed by atoms with Gasteiger partial charge in [0.1, 0.15) is 5.69 Å². The molecule has 3 rings (SSSR count). The Morgan fingerprint density at radius 3 is 3.00 bits per heavy atom. The molecule has 1 aromatic heterocycles. The number of aromatic nitrogens is 1. The van der Waals surface area contributed by atoms with Gasteiger partial charge in [-0.3, -0.25) is 9.59 Å². The molecule has 0 saturated carbocycles. The van der Waals surface area contributed by atoms with Crippen molar-refractivity contribution in [3.8, 4) is 0 Å². The maximum Gasteiger partial charge on any atom is 0.274 e. The van der Waals surface area contributed by atoms with E-state index in [4.69, 9.17) is 0 Å². The van der Waals surface area contributed by atoms with Gasteiger partial charge in [0.05, 0.1) is 6.54 Å². The van der Waals surface area contributed by atoms with Crippen molar-refractivity contribution in [2.45, 2.75) is 18.9 Å². The molecule has 0 aromatic carbocycles. The molecule has 1 aromatic rings. The third-order valence-corrected chi connectivity index (χ3v) is 4.24. The zero-order chi connectivity index (χ0) is 15.0. The predicted molar refractivity (Wildman–Crippen MR) is 81.6 cm³/mol. The van der Waals surface area contributed by atoms with Crippen LogP contribution in [0, 0.1) is 5.92 Å². The van der Waals surface area contributed by atoms with Crippen LogP contribution in [0.15, 0.2) is 16.9 Å². The van der Waals surface area contributed by atoms with E-state index in [1.54, 1.807) is 11.0 Å². The predicted octanol–water partition coefficient (Wildman–Crippen LogP) is 0.0551. The Kier molecular flexibility index (Phi) is 3.82. The summed E-state index contributed by atoms with van der Waals surface area (Å²) >= 11 is 0. The molecule has 2 bridgehead atoms. The molecule has 0 unspecified atom stereocenters. The minimum absolute atomic E-state index is 0.0730. The Bertz CT molecular complexity index is 608. The smallest absolute Gasteiger partial charge is 0.274 e. The van der Waals surface area contributed by atoms with E-state index < -0.39 is 0 Å². The summed E-state index contributed by atoms with van der Waals surface area (Å²) in [6.07, 6.45) is 1.15. The molecule has 6 nitrogen and oxygen atoms in total. The molecule has 1 amide bonds. The summed E-state index contributed by atoms with van der Waals surface area (Å²) in [7, 11) is 3.65. The summed E-state index contributed by atoms with van der Waals surface area (Å²) in [5.41, 5.74) is 1.41. The summed E-state index contributed by atoms with van der Waals surface area (Å²) in [5, 5.41) is 6.15. The van der Waals surface area contributed by atoms with Crippen LogP contribution in [-0.4, -0.2) is 49.1 Å². The van der Waals surface area contributed by atoms with Crippen LogP contribution in [0.5, 0.6) is 0 Å². The lowest BCUT2D eigenvalue weighted by Crippen LogP contribution is -2.45. The summed E-state index contributed by atoms with van der Waals surface area (Å²) in [6.45, 7) is 2.92. The number of rotatable bonds is 3. The van der Waals surface area contributed by atoms with E-state index >= 15 is 0 Å². The largest absolute Gasteiger partial charge is 0.320 e. The van der Waals surface area contributed by atoms with Crippen molar-refractivity contribution < 1.29 is 4.79 Å². The van der Waals surface area contributed by atoms with Gasteiger partial charge in [-0.2, -0.15) is 0 Å². The van der Waals surface area contributed by atoms with E-state index in [-0.39, 0.29) is 18.0 Å². The lowest BCUT2D eigenvalue weighted by molar-refractivity contribution is -0.116. The van der Waals surface area contributed by atoms with Crippen LogP contribution in [0.3, 0.4) is 0 Å². The van der Waals surface area contributed by atoms with Gasteiger partial charge >= 0.3 is 0 Å². The van der Waals surface area contributed by atoms with E-state index in [9.17, 15) is 9.59 Å². The normalized spacial score (nSPS) is 23.8. The molecule has 0 radical (unpaired) electrons. The molecule has 3 heterocycles.